The molecule has 0 aromatic heterocycles. The van der Waals surface area contributed by atoms with E-state index in [4.69, 9.17) is 9.84 Å². The Morgan fingerprint density at radius 3 is 2.30 bits per heavy atom. The number of amides is 2. The summed E-state index contributed by atoms with van der Waals surface area (Å²) in [6.45, 7) is 6.33. The van der Waals surface area contributed by atoms with E-state index >= 15 is 0 Å². The molecule has 0 aromatic rings. The van der Waals surface area contributed by atoms with Gasteiger partial charge in [-0.25, -0.2) is 4.79 Å². The van der Waals surface area contributed by atoms with Crippen LogP contribution in [0.25, 0.3) is 0 Å². The van der Waals surface area contributed by atoms with Crippen molar-refractivity contribution in [2.45, 2.75) is 44.8 Å². The Labute approximate surface area is 136 Å². The first-order chi connectivity index (χ1) is 10.5. The normalized spacial score (nSPS) is 16.7. The highest BCUT2D eigenvalue weighted by atomic mass is 16.6. The van der Waals surface area contributed by atoms with Crippen LogP contribution in [0.1, 0.15) is 33.6 Å². The number of rotatable bonds is 6. The van der Waals surface area contributed by atoms with Crippen molar-refractivity contribution in [2.24, 2.45) is 0 Å². The Balaban J connectivity index is 2.67. The van der Waals surface area contributed by atoms with Crippen molar-refractivity contribution in [3.05, 3.63) is 0 Å². The van der Waals surface area contributed by atoms with Gasteiger partial charge in [-0.05, 0) is 27.8 Å². The number of carbonyl (C=O) groups excluding carboxylic acids is 2. The van der Waals surface area contributed by atoms with Crippen LogP contribution in [0.3, 0.4) is 0 Å². The number of nitrogens with zero attached hydrogens (tertiary/aromatic N) is 2. The molecule has 132 valence electrons. The van der Waals surface area contributed by atoms with Crippen molar-refractivity contribution < 1.29 is 24.2 Å². The number of likely N-dealkylation sites (N-methyl/N-ethyl adjacent to an activating group) is 1. The monoisotopic (exact) mass is 329 g/mol. The molecular formula is C15H27N3O5. The minimum atomic E-state index is -0.930. The van der Waals surface area contributed by atoms with Crippen LogP contribution in [0.5, 0.6) is 0 Å². The number of ether oxygens (including phenoxy) is 1. The summed E-state index contributed by atoms with van der Waals surface area (Å²) in [7, 11) is 3.33. The zero-order valence-corrected chi connectivity index (χ0v) is 14.5. The smallest absolute Gasteiger partial charge is 0.410 e. The van der Waals surface area contributed by atoms with Crippen LogP contribution < -0.4 is 5.32 Å². The van der Waals surface area contributed by atoms with E-state index in [0.717, 1.165) is 0 Å². The largest absolute Gasteiger partial charge is 0.481 e. The summed E-state index contributed by atoms with van der Waals surface area (Å²) in [5.74, 6) is -1.04. The molecule has 1 aliphatic heterocycles. The number of carboxylic acid groups (broad SMARTS) is 1. The van der Waals surface area contributed by atoms with Crippen molar-refractivity contribution in [2.75, 3.05) is 33.7 Å². The van der Waals surface area contributed by atoms with Gasteiger partial charge in [0.2, 0.25) is 5.91 Å². The fourth-order valence-electron chi connectivity index (χ4n) is 2.52. The lowest BCUT2D eigenvalue weighted by molar-refractivity contribution is -0.145. The molecule has 0 aliphatic carbocycles. The first kappa shape index (κ1) is 19.2. The lowest BCUT2D eigenvalue weighted by Crippen LogP contribution is -2.71. The maximum atomic E-state index is 12.0. The molecular weight excluding hydrogens is 302 g/mol. The van der Waals surface area contributed by atoms with Crippen LogP contribution in [0.15, 0.2) is 0 Å². The fourth-order valence-corrected chi connectivity index (χ4v) is 2.52. The molecule has 1 aliphatic rings. The topological polar surface area (TPSA) is 99.2 Å². The lowest BCUT2D eigenvalue weighted by Gasteiger charge is -2.54. The second-order valence-electron chi connectivity index (χ2n) is 6.98. The standard InChI is InChI=1S/C15H27N3O5/c1-14(2,3)23-13(22)18-9-15(10-18,8-12(20)21)17(5)7-6-11(19)16-4/h6-10H2,1-5H3,(H,16,19)(H,20,21). The molecule has 8 nitrogen and oxygen atoms in total. The molecule has 2 amide bonds. The highest BCUT2D eigenvalue weighted by molar-refractivity contribution is 5.76. The molecule has 0 atom stereocenters. The van der Waals surface area contributed by atoms with E-state index in [2.05, 4.69) is 5.32 Å². The van der Waals surface area contributed by atoms with E-state index in [1.54, 1.807) is 34.9 Å². The molecule has 2 N–H and O–H groups in total. The lowest BCUT2D eigenvalue weighted by atomic mass is 9.84. The molecule has 1 fully saturated rings. The summed E-state index contributed by atoms with van der Waals surface area (Å²) >= 11 is 0. The maximum Gasteiger partial charge on any atom is 0.410 e. The summed E-state index contributed by atoms with van der Waals surface area (Å²) in [4.78, 5) is 37.9. The molecule has 0 spiro atoms. The van der Waals surface area contributed by atoms with Crippen LogP contribution in [-0.4, -0.2) is 77.7 Å². The molecule has 0 aromatic carbocycles. The van der Waals surface area contributed by atoms with Gasteiger partial charge < -0.3 is 20.1 Å². The number of carbonyl (C=O) groups is 3. The third-order valence-corrected chi connectivity index (χ3v) is 3.87. The van der Waals surface area contributed by atoms with Crippen LogP contribution in [0, 0.1) is 0 Å². The second-order valence-corrected chi connectivity index (χ2v) is 6.98. The number of aliphatic carboxylic acids is 1. The highest BCUT2D eigenvalue weighted by Crippen LogP contribution is 2.32. The number of likely N-dealkylation sites (tertiary alicyclic amines) is 1. The molecule has 0 saturated carbocycles. The summed E-state index contributed by atoms with van der Waals surface area (Å²) in [5.41, 5.74) is -1.25. The van der Waals surface area contributed by atoms with Crippen LogP contribution >= 0.6 is 0 Å². The Morgan fingerprint density at radius 1 is 1.30 bits per heavy atom. The van der Waals surface area contributed by atoms with Crippen molar-refractivity contribution in [3.8, 4) is 0 Å². The molecule has 0 bridgehead atoms. The quantitative estimate of drug-likeness (QED) is 0.737. The van der Waals surface area contributed by atoms with Gasteiger partial charge in [-0.2, -0.15) is 0 Å². The number of hydrogen-bond acceptors (Lipinski definition) is 5. The molecule has 23 heavy (non-hydrogen) atoms. The third kappa shape index (κ3) is 5.38. The first-order valence-corrected chi connectivity index (χ1v) is 7.61. The average molecular weight is 329 g/mol. The van der Waals surface area contributed by atoms with E-state index in [-0.39, 0.29) is 31.8 Å². The molecule has 0 radical (unpaired) electrons. The molecule has 1 heterocycles. The van der Waals surface area contributed by atoms with Gasteiger partial charge in [-0.3, -0.25) is 14.5 Å². The predicted octanol–water partition coefficient (Wildman–Crippen LogP) is 0.519. The molecule has 1 saturated heterocycles. The minimum absolute atomic E-state index is 0.0868. The first-order valence-electron chi connectivity index (χ1n) is 7.61. The van der Waals surface area contributed by atoms with Gasteiger partial charge in [0.15, 0.2) is 0 Å². The van der Waals surface area contributed by atoms with Crippen molar-refractivity contribution in [1.29, 1.82) is 0 Å². The minimum Gasteiger partial charge on any atom is -0.481 e. The zero-order chi connectivity index (χ0) is 17.8. The number of hydrogen-bond donors (Lipinski definition) is 2. The van der Waals surface area contributed by atoms with Gasteiger partial charge in [0.05, 0.1) is 12.0 Å². The van der Waals surface area contributed by atoms with Crippen molar-refractivity contribution >= 4 is 18.0 Å². The fraction of sp³-hybridized carbons (Fsp3) is 0.800. The van der Waals surface area contributed by atoms with Crippen LogP contribution in [-0.2, 0) is 14.3 Å². The van der Waals surface area contributed by atoms with Crippen molar-refractivity contribution in [3.63, 3.8) is 0 Å². The van der Waals surface area contributed by atoms with Crippen molar-refractivity contribution in [1.82, 2.24) is 15.1 Å². The van der Waals surface area contributed by atoms with E-state index in [0.29, 0.717) is 6.54 Å². The second kappa shape index (κ2) is 7.16. The molecule has 0 unspecified atom stereocenters. The SMILES string of the molecule is CNC(=O)CCN(C)C1(CC(=O)O)CN(C(=O)OC(C)(C)C)C1. The summed E-state index contributed by atoms with van der Waals surface area (Å²) in [5, 5.41) is 11.7. The van der Waals surface area contributed by atoms with Crippen LogP contribution in [0.4, 0.5) is 4.79 Å². The van der Waals surface area contributed by atoms with Gasteiger partial charge in [-0.1, -0.05) is 0 Å². The Morgan fingerprint density at radius 2 is 1.87 bits per heavy atom. The summed E-state index contributed by atoms with van der Waals surface area (Å²) in [6, 6.07) is 0. The third-order valence-electron chi connectivity index (χ3n) is 3.87. The zero-order valence-electron chi connectivity index (χ0n) is 14.5. The molecule has 8 heteroatoms. The van der Waals surface area contributed by atoms with Gasteiger partial charge in [0.1, 0.15) is 5.60 Å². The predicted molar refractivity (Wildman–Crippen MR) is 84.1 cm³/mol. The summed E-state index contributed by atoms with van der Waals surface area (Å²) in [6.07, 6.45) is -0.254. The maximum absolute atomic E-state index is 12.0. The van der Waals surface area contributed by atoms with E-state index in [1.807, 2.05) is 4.90 Å². The highest BCUT2D eigenvalue weighted by Gasteiger charge is 2.50. The summed E-state index contributed by atoms with van der Waals surface area (Å²) < 4.78 is 5.29. The van der Waals surface area contributed by atoms with Gasteiger partial charge >= 0.3 is 12.1 Å². The molecule has 1 rings (SSSR count). The number of carboxylic acids is 1. The van der Waals surface area contributed by atoms with Gasteiger partial charge in [0.25, 0.3) is 0 Å². The average Bonchev–Trinajstić information content (AvgIpc) is 2.36. The van der Waals surface area contributed by atoms with E-state index in [1.165, 1.54) is 4.90 Å². The Hall–Kier alpha value is -1.83. The van der Waals surface area contributed by atoms with E-state index < -0.39 is 23.2 Å². The van der Waals surface area contributed by atoms with Gasteiger partial charge in [0, 0.05) is 33.1 Å². The Kier molecular flexibility index (Phi) is 5.98. The van der Waals surface area contributed by atoms with E-state index in [9.17, 15) is 14.4 Å². The van der Waals surface area contributed by atoms with Gasteiger partial charge in [-0.15, -0.1) is 0 Å². The van der Waals surface area contributed by atoms with Crippen LogP contribution in [0.2, 0.25) is 0 Å². The Bertz CT molecular complexity index is 466. The number of nitrogens with one attached hydrogen (secondary N) is 1.